The van der Waals surface area contributed by atoms with Crippen molar-refractivity contribution < 1.29 is 46.8 Å². The van der Waals surface area contributed by atoms with Crippen LogP contribution in [0.2, 0.25) is 0 Å². The molecular weight excluding hydrogens is 462 g/mol. The average molecular weight is 471 g/mol. The zero-order valence-corrected chi connectivity index (χ0v) is 15.4. The normalized spacial score (nSPS) is 12.7. The Balaban J connectivity index is 0.000000242. The van der Waals surface area contributed by atoms with E-state index in [0.29, 0.717) is 10.2 Å². The van der Waals surface area contributed by atoms with Gasteiger partial charge in [0.15, 0.2) is 0 Å². The molecule has 0 amide bonds. The number of nitrogens with zero attached hydrogens (tertiary/aromatic N) is 3. The van der Waals surface area contributed by atoms with Crippen LogP contribution in [-0.4, -0.2) is 60.4 Å². The van der Waals surface area contributed by atoms with Crippen molar-refractivity contribution in [1.82, 2.24) is 19.9 Å². The Morgan fingerprint density at radius 3 is 2.00 bits per heavy atom. The second-order valence-electron chi connectivity index (χ2n) is 3.60. The summed E-state index contributed by atoms with van der Waals surface area (Å²) in [5.74, 6) is 0.235. The van der Waals surface area contributed by atoms with Crippen LogP contribution in [0.4, 0.5) is 5.95 Å². The SMILES string of the molecule is Nc1nc([Se])c2[nH]cnc2n1.O=P(O)(O)OP(=O)(O)OP(=O)(O)O. The molecule has 2 aromatic heterocycles. The number of H-pyrrole nitrogens is 1. The van der Waals surface area contributed by atoms with Gasteiger partial charge in [0.2, 0.25) is 0 Å². The summed E-state index contributed by atoms with van der Waals surface area (Å²) in [5, 5.41) is 0. The van der Waals surface area contributed by atoms with Gasteiger partial charge in [0.1, 0.15) is 0 Å². The van der Waals surface area contributed by atoms with E-state index in [1.54, 1.807) is 6.33 Å². The molecular formula is C5H9N5O10P3Se. The third kappa shape index (κ3) is 7.90. The van der Waals surface area contributed by atoms with Crippen molar-refractivity contribution in [2.24, 2.45) is 0 Å². The number of phosphoric acid groups is 3. The van der Waals surface area contributed by atoms with Crippen LogP contribution in [0.15, 0.2) is 6.33 Å². The molecule has 24 heavy (non-hydrogen) atoms. The molecule has 0 aromatic carbocycles. The maximum Gasteiger partial charge on any atom is 0.490 e. The average Bonchev–Trinajstić information content (AvgIpc) is 2.70. The van der Waals surface area contributed by atoms with Gasteiger partial charge >= 0.3 is 93.2 Å². The standard InChI is InChI=1S/C5H4N5Se.H5O10P3/c6-5-9-3-2(4(11)10-5)7-1-8-3;1-11(2,3)9-13(7,8)10-12(4,5)6/h1H,(H3,6,7,8,9,10);(H,7,8)(H2,1,2,3)(H2,4,5,6). The van der Waals surface area contributed by atoms with E-state index < -0.39 is 23.5 Å². The van der Waals surface area contributed by atoms with E-state index in [2.05, 4.69) is 44.6 Å². The van der Waals surface area contributed by atoms with E-state index >= 15 is 0 Å². The topological polar surface area (TPSA) is 251 Å². The molecule has 0 saturated heterocycles. The molecule has 2 rings (SSSR count). The summed E-state index contributed by atoms with van der Waals surface area (Å²) >= 11 is 2.77. The number of hydrogen-bond donors (Lipinski definition) is 7. The van der Waals surface area contributed by atoms with Crippen LogP contribution in [0.1, 0.15) is 0 Å². The fourth-order valence-electron chi connectivity index (χ4n) is 1.11. The largest absolute Gasteiger partial charge is 0.490 e. The van der Waals surface area contributed by atoms with Crippen molar-refractivity contribution in [3.8, 4) is 0 Å². The Labute approximate surface area is 140 Å². The smallest absolute Gasteiger partial charge is 0.302 e. The van der Waals surface area contributed by atoms with Crippen molar-refractivity contribution in [2.45, 2.75) is 0 Å². The Bertz CT molecular complexity index is 832. The second kappa shape index (κ2) is 7.66. The van der Waals surface area contributed by atoms with Gasteiger partial charge in [-0.1, -0.05) is 0 Å². The van der Waals surface area contributed by atoms with E-state index in [1.165, 1.54) is 0 Å². The van der Waals surface area contributed by atoms with Gasteiger partial charge in [0.05, 0.1) is 0 Å². The van der Waals surface area contributed by atoms with E-state index in [0.717, 1.165) is 5.52 Å². The van der Waals surface area contributed by atoms with Gasteiger partial charge in [-0.15, -0.1) is 0 Å². The maximum atomic E-state index is 10.4. The summed E-state index contributed by atoms with van der Waals surface area (Å²) in [5.41, 5.74) is 6.77. The van der Waals surface area contributed by atoms with Gasteiger partial charge in [-0.25, -0.2) is 13.7 Å². The molecule has 8 N–H and O–H groups in total. The summed E-state index contributed by atoms with van der Waals surface area (Å²) < 4.78 is 37.1. The molecule has 0 atom stereocenters. The van der Waals surface area contributed by atoms with Crippen LogP contribution >= 0.6 is 23.5 Å². The van der Waals surface area contributed by atoms with Gasteiger partial charge in [-0.3, -0.25) is 0 Å². The van der Waals surface area contributed by atoms with Crippen LogP contribution in [0.5, 0.6) is 0 Å². The minimum atomic E-state index is -5.46. The van der Waals surface area contributed by atoms with Gasteiger partial charge in [0, 0.05) is 0 Å². The van der Waals surface area contributed by atoms with E-state index in [9.17, 15) is 13.7 Å². The number of nitrogens with one attached hydrogen (secondary N) is 1. The zero-order chi connectivity index (χ0) is 18.8. The molecule has 1 radical (unpaired) electrons. The molecule has 19 heteroatoms. The third-order valence-electron chi connectivity index (χ3n) is 1.69. The first-order valence-corrected chi connectivity index (χ1v) is 10.6. The molecule has 0 aliphatic rings. The third-order valence-corrected chi connectivity index (χ3v) is 5.66. The molecule has 0 saturated carbocycles. The molecule has 2 aromatic rings. The van der Waals surface area contributed by atoms with E-state index in [-0.39, 0.29) is 5.95 Å². The first-order chi connectivity index (χ1) is 10.7. The molecule has 0 unspecified atom stereocenters. The fraction of sp³-hybridized carbons (Fsp3) is 0. The summed E-state index contributed by atoms with van der Waals surface area (Å²) in [7, 11) is -16.2. The predicted molar refractivity (Wildman–Crippen MR) is 77.6 cm³/mol. The van der Waals surface area contributed by atoms with Crippen molar-refractivity contribution >= 4 is 61.2 Å². The Kier molecular flexibility index (Phi) is 6.81. The molecule has 0 aliphatic carbocycles. The van der Waals surface area contributed by atoms with Crippen molar-refractivity contribution in [1.29, 1.82) is 0 Å². The second-order valence-corrected chi connectivity index (χ2v) is 8.62. The van der Waals surface area contributed by atoms with E-state index in [1.807, 2.05) is 0 Å². The quantitative estimate of drug-likeness (QED) is 0.189. The maximum absolute atomic E-state index is 10.4. The molecule has 0 spiro atoms. The Hall–Kier alpha value is -0.721. The van der Waals surface area contributed by atoms with Crippen LogP contribution < -0.4 is 10.3 Å². The first kappa shape index (κ1) is 21.3. The fourth-order valence-corrected chi connectivity index (χ4v) is 4.16. The van der Waals surface area contributed by atoms with Crippen molar-refractivity contribution in [2.75, 3.05) is 5.73 Å². The van der Waals surface area contributed by atoms with Gasteiger partial charge in [-0.2, -0.15) is 8.62 Å². The Morgan fingerprint density at radius 1 is 1.04 bits per heavy atom. The van der Waals surface area contributed by atoms with Crippen LogP contribution in [0.25, 0.3) is 11.2 Å². The molecule has 135 valence electrons. The number of hydrogen-bond acceptors (Lipinski definition) is 9. The number of nitrogen functional groups attached to an aromatic ring is 1. The number of imidazole rings is 1. The first-order valence-electron chi connectivity index (χ1n) is 5.19. The van der Waals surface area contributed by atoms with Crippen molar-refractivity contribution in [3.05, 3.63) is 6.33 Å². The number of nitrogens with two attached hydrogens (primary N) is 1. The van der Waals surface area contributed by atoms with Crippen LogP contribution in [0.3, 0.4) is 0 Å². The monoisotopic (exact) mass is 472 g/mol. The number of aromatic amines is 1. The van der Waals surface area contributed by atoms with Gasteiger partial charge in [0.25, 0.3) is 0 Å². The zero-order valence-electron chi connectivity index (χ0n) is 11.0. The summed E-state index contributed by atoms with van der Waals surface area (Å²) in [6, 6.07) is 0. The number of fused-ring (bicyclic) bond motifs is 1. The van der Waals surface area contributed by atoms with Crippen LogP contribution in [0, 0.1) is 0 Å². The summed E-state index contributed by atoms with van der Waals surface area (Å²) in [6.07, 6.45) is 1.56. The minimum Gasteiger partial charge on any atom is -0.302 e. The van der Waals surface area contributed by atoms with E-state index in [4.69, 9.17) is 30.2 Å². The number of rotatable bonds is 4. The van der Waals surface area contributed by atoms with Crippen LogP contribution in [-0.2, 0) is 22.3 Å². The summed E-state index contributed by atoms with van der Waals surface area (Å²) in [6.45, 7) is 0. The van der Waals surface area contributed by atoms with Gasteiger partial charge < -0.3 is 24.5 Å². The molecule has 2 heterocycles. The molecule has 0 fully saturated rings. The molecule has 0 bridgehead atoms. The molecule has 15 nitrogen and oxygen atoms in total. The minimum absolute atomic E-state index is 0.235. The molecule has 0 aliphatic heterocycles. The number of aromatic nitrogens is 4. The summed E-state index contributed by atoms with van der Waals surface area (Å²) in [4.78, 5) is 54.8. The van der Waals surface area contributed by atoms with Crippen molar-refractivity contribution in [3.63, 3.8) is 0 Å². The number of anilines is 1. The Morgan fingerprint density at radius 2 is 1.54 bits per heavy atom. The van der Waals surface area contributed by atoms with Gasteiger partial charge in [-0.05, 0) is 0 Å². The predicted octanol–water partition coefficient (Wildman–Crippen LogP) is -1.97.